The first-order valence-corrected chi connectivity index (χ1v) is 9.45. The van der Waals surface area contributed by atoms with E-state index in [1.807, 2.05) is 13.8 Å². The van der Waals surface area contributed by atoms with E-state index in [9.17, 15) is 9.90 Å². The van der Waals surface area contributed by atoms with Crippen LogP contribution in [0.5, 0.6) is 5.75 Å². The summed E-state index contributed by atoms with van der Waals surface area (Å²) < 4.78 is 8.25. The second kappa shape index (κ2) is 7.56. The Morgan fingerprint density at radius 2 is 1.83 bits per heavy atom. The van der Waals surface area contributed by atoms with Crippen molar-refractivity contribution in [1.82, 2.24) is 14.2 Å². The summed E-state index contributed by atoms with van der Waals surface area (Å²) in [5, 5.41) is 15.1. The van der Waals surface area contributed by atoms with Gasteiger partial charge in [0.1, 0.15) is 11.3 Å². The highest BCUT2D eigenvalue weighted by Crippen LogP contribution is 2.24. The minimum atomic E-state index is -0.803. The van der Waals surface area contributed by atoms with Gasteiger partial charge < -0.3 is 14.4 Å². The van der Waals surface area contributed by atoms with E-state index in [0.717, 1.165) is 33.7 Å². The number of benzene rings is 2. The lowest BCUT2D eigenvalue weighted by atomic mass is 10.0. The molecule has 0 radical (unpaired) electrons. The number of nitrogens with zero attached hydrogens (tertiary/aromatic N) is 3. The first kappa shape index (κ1) is 19.0. The van der Waals surface area contributed by atoms with Crippen LogP contribution >= 0.6 is 0 Å². The van der Waals surface area contributed by atoms with Crippen molar-refractivity contribution < 1.29 is 9.84 Å². The zero-order chi connectivity index (χ0) is 20.5. The van der Waals surface area contributed by atoms with Gasteiger partial charge in [-0.15, -0.1) is 0 Å². The molecule has 1 N–H and O–H groups in total. The molecule has 148 valence electrons. The van der Waals surface area contributed by atoms with Crippen LogP contribution in [0.1, 0.15) is 22.8 Å². The Morgan fingerprint density at radius 3 is 2.55 bits per heavy atom. The molecule has 0 aliphatic carbocycles. The summed E-state index contributed by atoms with van der Waals surface area (Å²) in [5.74, 6) is 0.720. The summed E-state index contributed by atoms with van der Waals surface area (Å²) in [5.41, 5.74) is 5.03. The third kappa shape index (κ3) is 3.67. The zero-order valence-electron chi connectivity index (χ0n) is 16.7. The molecular weight excluding hydrogens is 366 g/mol. The smallest absolute Gasteiger partial charge is 0.276 e. The quantitative estimate of drug-likeness (QED) is 0.567. The van der Waals surface area contributed by atoms with Gasteiger partial charge in [0.2, 0.25) is 0 Å². The summed E-state index contributed by atoms with van der Waals surface area (Å²) in [6.07, 6.45) is 2.59. The monoisotopic (exact) mass is 389 g/mol. The first-order valence-electron chi connectivity index (χ1n) is 9.45. The highest BCUT2D eigenvalue weighted by Gasteiger charge is 2.14. The topological polar surface area (TPSA) is 68.8 Å². The molecule has 0 aliphatic heterocycles. The lowest BCUT2D eigenvalue weighted by molar-refractivity contribution is 0.155. The molecule has 0 aliphatic rings. The van der Waals surface area contributed by atoms with Crippen LogP contribution in [0.4, 0.5) is 0 Å². The number of methoxy groups -OCH3 is 1. The Labute approximate surface area is 168 Å². The summed E-state index contributed by atoms with van der Waals surface area (Å²) in [6, 6.07) is 15.2. The van der Waals surface area contributed by atoms with Crippen molar-refractivity contribution >= 4 is 5.52 Å². The maximum absolute atomic E-state index is 13.0. The van der Waals surface area contributed by atoms with Gasteiger partial charge in [0, 0.05) is 18.0 Å². The number of ether oxygens (including phenoxy) is 1. The molecule has 1 atom stereocenters. The largest absolute Gasteiger partial charge is 0.497 e. The van der Waals surface area contributed by atoms with Crippen molar-refractivity contribution in [2.24, 2.45) is 0 Å². The Kier molecular flexibility index (Phi) is 4.94. The van der Waals surface area contributed by atoms with Crippen LogP contribution in [0.3, 0.4) is 0 Å². The standard InChI is InChI=1S/C23H23N3O3/c1-15-4-5-16(2)19(12-15)20-13-21-23(28)25(10-11-26(21)24-20)14-22(27)17-6-8-18(29-3)9-7-17/h4-13,22,27H,14H2,1-3H3. The van der Waals surface area contributed by atoms with Gasteiger partial charge in [0.25, 0.3) is 5.56 Å². The Bertz CT molecular complexity index is 1220. The molecule has 0 saturated heterocycles. The second-order valence-electron chi connectivity index (χ2n) is 7.22. The minimum absolute atomic E-state index is 0.158. The number of aryl methyl sites for hydroxylation is 2. The van der Waals surface area contributed by atoms with E-state index in [-0.39, 0.29) is 12.1 Å². The van der Waals surface area contributed by atoms with Crippen molar-refractivity contribution in [2.75, 3.05) is 7.11 Å². The average molecular weight is 389 g/mol. The SMILES string of the molecule is COc1ccc(C(O)Cn2ccn3nc(-c4cc(C)ccc4C)cc3c2=O)cc1. The van der Waals surface area contributed by atoms with Crippen molar-refractivity contribution in [2.45, 2.75) is 26.5 Å². The number of aliphatic hydroxyl groups is 1. The minimum Gasteiger partial charge on any atom is -0.497 e. The van der Waals surface area contributed by atoms with Gasteiger partial charge in [-0.25, -0.2) is 4.52 Å². The zero-order valence-corrected chi connectivity index (χ0v) is 16.7. The fourth-order valence-electron chi connectivity index (χ4n) is 3.43. The van der Waals surface area contributed by atoms with Gasteiger partial charge in [-0.05, 0) is 49.2 Å². The lowest BCUT2D eigenvalue weighted by Crippen LogP contribution is -2.24. The normalized spacial score (nSPS) is 12.3. The van der Waals surface area contributed by atoms with Gasteiger partial charge in [-0.2, -0.15) is 5.10 Å². The fraction of sp³-hybridized carbons (Fsp3) is 0.217. The molecule has 1 unspecified atom stereocenters. The van der Waals surface area contributed by atoms with Gasteiger partial charge in [0.05, 0.1) is 25.5 Å². The van der Waals surface area contributed by atoms with Gasteiger partial charge in [-0.1, -0.05) is 29.8 Å². The van der Waals surface area contributed by atoms with E-state index in [0.29, 0.717) is 5.52 Å². The van der Waals surface area contributed by atoms with Crippen molar-refractivity contribution in [3.05, 3.63) is 88.0 Å². The number of fused-ring (bicyclic) bond motifs is 1. The van der Waals surface area contributed by atoms with Crippen LogP contribution in [-0.2, 0) is 6.54 Å². The summed E-state index contributed by atoms with van der Waals surface area (Å²) in [7, 11) is 1.60. The molecule has 0 spiro atoms. The lowest BCUT2D eigenvalue weighted by Gasteiger charge is -2.13. The first-order chi connectivity index (χ1) is 14.0. The number of hydrogen-bond acceptors (Lipinski definition) is 4. The Balaban J connectivity index is 1.67. The molecule has 0 amide bonds. The molecule has 6 nitrogen and oxygen atoms in total. The molecule has 0 saturated carbocycles. The number of aliphatic hydroxyl groups excluding tert-OH is 1. The van der Waals surface area contributed by atoms with E-state index in [4.69, 9.17) is 4.74 Å². The maximum Gasteiger partial charge on any atom is 0.276 e. The van der Waals surface area contributed by atoms with Crippen LogP contribution in [0.15, 0.2) is 65.7 Å². The Hall–Kier alpha value is -3.38. The van der Waals surface area contributed by atoms with Crippen LogP contribution in [0, 0.1) is 13.8 Å². The van der Waals surface area contributed by atoms with Crippen LogP contribution in [0.25, 0.3) is 16.8 Å². The summed E-state index contributed by atoms with van der Waals surface area (Å²) >= 11 is 0. The fourth-order valence-corrected chi connectivity index (χ4v) is 3.43. The van der Waals surface area contributed by atoms with Gasteiger partial charge in [0.15, 0.2) is 0 Å². The molecule has 4 aromatic rings. The van der Waals surface area contributed by atoms with Gasteiger partial charge >= 0.3 is 0 Å². The van der Waals surface area contributed by atoms with E-state index < -0.39 is 6.10 Å². The highest BCUT2D eigenvalue weighted by molar-refractivity contribution is 5.69. The second-order valence-corrected chi connectivity index (χ2v) is 7.22. The number of aromatic nitrogens is 3. The predicted molar refractivity (Wildman–Crippen MR) is 112 cm³/mol. The van der Waals surface area contributed by atoms with Crippen LogP contribution in [0.2, 0.25) is 0 Å². The molecule has 0 bridgehead atoms. The highest BCUT2D eigenvalue weighted by atomic mass is 16.5. The number of rotatable bonds is 5. The molecule has 2 aromatic heterocycles. The molecule has 2 aromatic carbocycles. The third-order valence-electron chi connectivity index (χ3n) is 5.14. The molecule has 4 rings (SSSR count). The Morgan fingerprint density at radius 1 is 1.07 bits per heavy atom. The van der Waals surface area contributed by atoms with E-state index in [2.05, 4.69) is 23.3 Å². The molecule has 6 heteroatoms. The van der Waals surface area contributed by atoms with Crippen molar-refractivity contribution in [3.8, 4) is 17.0 Å². The average Bonchev–Trinajstić information content (AvgIpc) is 3.17. The molecular formula is C23H23N3O3. The van der Waals surface area contributed by atoms with Crippen LogP contribution < -0.4 is 10.3 Å². The molecule has 2 heterocycles. The molecule has 0 fully saturated rings. The third-order valence-corrected chi connectivity index (χ3v) is 5.14. The van der Waals surface area contributed by atoms with Crippen LogP contribution in [-0.4, -0.2) is 26.4 Å². The van der Waals surface area contributed by atoms with E-state index in [1.165, 1.54) is 4.57 Å². The van der Waals surface area contributed by atoms with Gasteiger partial charge in [-0.3, -0.25) is 4.79 Å². The maximum atomic E-state index is 13.0. The molecule has 29 heavy (non-hydrogen) atoms. The van der Waals surface area contributed by atoms with Crippen molar-refractivity contribution in [1.29, 1.82) is 0 Å². The summed E-state index contributed by atoms with van der Waals surface area (Å²) in [4.78, 5) is 13.0. The predicted octanol–water partition coefficient (Wildman–Crippen LogP) is 3.52. The number of hydrogen-bond donors (Lipinski definition) is 1. The van der Waals surface area contributed by atoms with E-state index >= 15 is 0 Å². The van der Waals surface area contributed by atoms with E-state index in [1.54, 1.807) is 54.4 Å². The van der Waals surface area contributed by atoms with Crippen molar-refractivity contribution in [3.63, 3.8) is 0 Å². The summed E-state index contributed by atoms with van der Waals surface area (Å²) in [6.45, 7) is 4.22.